The van der Waals surface area contributed by atoms with Gasteiger partial charge in [0.25, 0.3) is 0 Å². The average Bonchev–Trinajstić information content (AvgIpc) is 3.53. The summed E-state index contributed by atoms with van der Waals surface area (Å²) in [7, 11) is 0. The number of carboxylic acids is 11. The first-order chi connectivity index (χ1) is 39.8. The average molecular weight is 1240 g/mol. The van der Waals surface area contributed by atoms with Gasteiger partial charge in [0.05, 0.1) is 38.1 Å². The van der Waals surface area contributed by atoms with E-state index < -0.39 is 276 Å². The minimum Gasteiger partial charge on any atom is -0.481 e. The molecule has 0 aliphatic rings. The highest BCUT2D eigenvalue weighted by Crippen LogP contribution is 2.10. The van der Waals surface area contributed by atoms with Crippen molar-refractivity contribution in [3.8, 4) is 0 Å². The number of nitrogens with one attached hydrogen (secondary N) is 9. The minimum absolute atomic E-state index is 0.517. The Bertz CT molecular complexity index is 2630. The third kappa shape index (κ3) is 31.5. The third-order valence-electron chi connectivity index (χ3n) is 11.2. The molecule has 0 unspecified atom stereocenters. The predicted molar refractivity (Wildman–Crippen MR) is 269 cm³/mol. The van der Waals surface area contributed by atoms with E-state index in [1.807, 2.05) is 42.5 Å². The first kappa shape index (κ1) is 75.4. The van der Waals surface area contributed by atoms with Crippen LogP contribution in [0.25, 0.3) is 0 Å². The van der Waals surface area contributed by atoms with Crippen LogP contribution >= 0.6 is 0 Å². The lowest BCUT2D eigenvalue weighted by atomic mass is 10.0. The molecule has 0 spiro atoms. The van der Waals surface area contributed by atoms with E-state index in [2.05, 4.69) is 0 Å². The number of nitrogens with two attached hydrogens (primary N) is 1. The minimum atomic E-state index is -2.45. The highest BCUT2D eigenvalue weighted by atomic mass is 16.4. The topological polar surface area (TPSA) is 698 Å². The Kier molecular flexibility index (Phi) is 32.8. The number of aliphatic carboxylic acids is 11. The Labute approximate surface area is 480 Å². The molecule has 0 rings (SSSR count). The van der Waals surface area contributed by atoms with Crippen LogP contribution < -0.4 is 53.6 Å². The number of carboxylic acid groups (broad SMARTS) is 11. The molecule has 22 N–H and O–H groups in total. The molecule has 41 heteroatoms. The summed E-state index contributed by atoms with van der Waals surface area (Å²) >= 11 is 0. The first-order valence-electron chi connectivity index (χ1n) is 24.7. The Morgan fingerprint density at radius 1 is 0.221 bits per heavy atom. The number of hydrogen-bond acceptors (Lipinski definition) is 21. The summed E-state index contributed by atoms with van der Waals surface area (Å²) in [5.41, 5.74) is 5.61. The molecule has 0 aromatic carbocycles. The van der Waals surface area contributed by atoms with Gasteiger partial charge >= 0.3 is 65.7 Å². The number of carbonyl (C=O) groups is 20. The molecule has 0 aliphatic heterocycles. The fourth-order valence-corrected chi connectivity index (χ4v) is 6.92. The third-order valence-corrected chi connectivity index (χ3v) is 11.2. The highest BCUT2D eigenvalue weighted by molar-refractivity contribution is 6.01. The zero-order valence-corrected chi connectivity index (χ0v) is 44.5. The molecular formula is C45H62N10O31. The second kappa shape index (κ2) is 37.5. The monoisotopic (exact) mass is 1240 g/mol. The summed E-state index contributed by atoms with van der Waals surface area (Å²) in [5.74, 6) is -33.5. The maximum absolute atomic E-state index is 13.8. The Morgan fingerprint density at radius 2 is 0.384 bits per heavy atom. The van der Waals surface area contributed by atoms with Gasteiger partial charge in [-0.15, -0.1) is 0 Å². The number of amides is 9. The van der Waals surface area contributed by atoms with Crippen LogP contribution in [0, 0.1) is 0 Å². The molecule has 0 aliphatic carbocycles. The van der Waals surface area contributed by atoms with Gasteiger partial charge in [-0.05, 0) is 32.1 Å². The Morgan fingerprint density at radius 3 is 0.581 bits per heavy atom. The Balaban J connectivity index is 7.06. The largest absolute Gasteiger partial charge is 0.481 e. The van der Waals surface area contributed by atoms with Gasteiger partial charge in [0.1, 0.15) is 54.4 Å². The van der Waals surface area contributed by atoms with Crippen LogP contribution in [0.15, 0.2) is 0 Å². The zero-order chi connectivity index (χ0) is 66.3. The van der Waals surface area contributed by atoms with Crippen LogP contribution in [0.1, 0.15) is 96.3 Å². The van der Waals surface area contributed by atoms with E-state index in [9.17, 15) is 142 Å². The molecule has 0 aromatic heterocycles. The maximum atomic E-state index is 13.8. The van der Waals surface area contributed by atoms with Crippen molar-refractivity contribution in [1.29, 1.82) is 0 Å². The van der Waals surface area contributed by atoms with Crippen molar-refractivity contribution in [3.05, 3.63) is 0 Å². The summed E-state index contributed by atoms with van der Waals surface area (Å²) in [4.78, 5) is 248. The lowest BCUT2D eigenvalue weighted by Crippen LogP contribution is -2.61. The van der Waals surface area contributed by atoms with Crippen molar-refractivity contribution in [2.24, 2.45) is 5.73 Å². The molecule has 0 fully saturated rings. The molecule has 10 atom stereocenters. The Hall–Kier alpha value is -10.6. The van der Waals surface area contributed by atoms with E-state index >= 15 is 0 Å². The summed E-state index contributed by atoms with van der Waals surface area (Å²) in [6.07, 6.45) is -15.9. The predicted octanol–water partition coefficient (Wildman–Crippen LogP) is -8.54. The number of rotatable bonds is 44. The van der Waals surface area contributed by atoms with Crippen LogP contribution in [-0.4, -0.2) is 235 Å². The molecule has 41 nitrogen and oxygen atoms in total. The zero-order valence-electron chi connectivity index (χ0n) is 44.5. The van der Waals surface area contributed by atoms with Crippen molar-refractivity contribution < 1.29 is 152 Å². The van der Waals surface area contributed by atoms with E-state index in [4.69, 9.17) is 15.9 Å². The van der Waals surface area contributed by atoms with E-state index in [1.165, 1.54) is 0 Å². The van der Waals surface area contributed by atoms with Gasteiger partial charge in [-0.2, -0.15) is 0 Å². The summed E-state index contributed by atoms with van der Waals surface area (Å²) in [6.45, 7) is 0. The maximum Gasteiger partial charge on any atom is 0.326 e. The van der Waals surface area contributed by atoms with Gasteiger partial charge in [-0.25, -0.2) is 4.79 Å². The molecule has 0 saturated heterocycles. The molecular weight excluding hydrogens is 1180 g/mol. The van der Waals surface area contributed by atoms with Crippen molar-refractivity contribution in [3.63, 3.8) is 0 Å². The fourth-order valence-electron chi connectivity index (χ4n) is 6.92. The lowest BCUT2D eigenvalue weighted by molar-refractivity contribution is -0.147. The van der Waals surface area contributed by atoms with Gasteiger partial charge in [0.2, 0.25) is 53.2 Å². The summed E-state index contributed by atoms with van der Waals surface area (Å²) in [5, 5.41) is 119. The first-order valence-corrected chi connectivity index (χ1v) is 24.7. The molecule has 0 aromatic rings. The normalized spacial score (nSPS) is 14.2. The highest BCUT2D eigenvalue weighted by Gasteiger charge is 2.38. The van der Waals surface area contributed by atoms with Crippen molar-refractivity contribution in [1.82, 2.24) is 47.9 Å². The van der Waals surface area contributed by atoms with E-state index in [-0.39, 0.29) is 0 Å². The molecule has 478 valence electrons. The summed E-state index contributed by atoms with van der Waals surface area (Å²) in [6, 6.07) is -21.9. The van der Waals surface area contributed by atoms with Gasteiger partial charge in [-0.1, -0.05) is 0 Å². The quantitative estimate of drug-likeness (QED) is 0.0269. The number of carbonyl (C=O) groups excluding carboxylic acids is 9. The molecule has 86 heavy (non-hydrogen) atoms. The van der Waals surface area contributed by atoms with Crippen molar-refractivity contribution in [2.45, 2.75) is 157 Å². The van der Waals surface area contributed by atoms with Gasteiger partial charge in [-0.3, -0.25) is 91.1 Å². The second-order valence-corrected chi connectivity index (χ2v) is 18.1. The molecule has 0 saturated carbocycles. The fraction of sp³-hybridized carbons (Fsp3) is 0.556. The van der Waals surface area contributed by atoms with Crippen LogP contribution in [0.2, 0.25) is 0 Å². The van der Waals surface area contributed by atoms with Crippen LogP contribution in [0.3, 0.4) is 0 Å². The molecule has 9 amide bonds. The smallest absolute Gasteiger partial charge is 0.326 e. The van der Waals surface area contributed by atoms with Crippen LogP contribution in [-0.2, 0) is 95.9 Å². The van der Waals surface area contributed by atoms with Crippen molar-refractivity contribution >= 4 is 119 Å². The standard InChI is InChI=1S/C45H62N10O31/c46-16(1-6-26(56)57)36(76)51-21(11-31(66)67)41(81)47-17(2-7-27(58)59)37(77)52-22(12-32(68)69)42(82)48-18(3-8-28(60)61)38(78)53-23(13-33(70)71)43(83)49-19(4-9-29(62)63)39(79)54-24(14-34(72)73)44(84)50-20(5-10-30(64)65)40(80)55-25(45(85)86)15-35(74)75/h16-25H,1-15,46H2,(H,47,81)(H,48,82)(H,49,83)(H,50,84)(H,51,76)(H,52,77)(H,53,78)(H,54,79)(H,55,80)(H,56,57)(H,58,59)(H,60,61)(H,62,63)(H,64,65)(H,66,67)(H,68,69)(H,70,71)(H,72,73)(H,74,75)(H,85,86)/t16-,17-,18-,19-,20-,21-,22-,23-,24-,25-/m0/s1. The van der Waals surface area contributed by atoms with Crippen molar-refractivity contribution in [2.75, 3.05) is 0 Å². The second-order valence-electron chi connectivity index (χ2n) is 18.1. The van der Waals surface area contributed by atoms with Gasteiger partial charge in [0, 0.05) is 32.1 Å². The van der Waals surface area contributed by atoms with Crippen LogP contribution in [0.4, 0.5) is 0 Å². The summed E-state index contributed by atoms with van der Waals surface area (Å²) < 4.78 is 0. The van der Waals surface area contributed by atoms with Gasteiger partial charge in [0.15, 0.2) is 0 Å². The van der Waals surface area contributed by atoms with E-state index in [1.54, 1.807) is 5.32 Å². The van der Waals surface area contributed by atoms with Crippen LogP contribution in [0.5, 0.6) is 0 Å². The number of hydrogen-bond donors (Lipinski definition) is 21. The molecule has 0 heterocycles. The molecule has 0 bridgehead atoms. The van der Waals surface area contributed by atoms with E-state index in [0.29, 0.717) is 0 Å². The lowest BCUT2D eigenvalue weighted by Gasteiger charge is -2.27. The SMILES string of the molecule is N[C@@H](CCC(=O)O)C(=O)N[C@@H](CC(=O)O)C(=O)N[C@@H](CCC(=O)O)C(=O)N[C@@H](CC(=O)O)C(=O)N[C@@H](CCC(=O)O)C(=O)N[C@@H](CC(=O)O)C(=O)N[C@@H](CCC(=O)O)C(=O)N[C@@H](CC(=O)O)C(=O)N[C@@H](CCC(=O)O)C(=O)N[C@@H](CC(=O)O)C(=O)O. The van der Waals surface area contributed by atoms with Gasteiger partial charge < -0.3 is 110 Å². The van der Waals surface area contributed by atoms with E-state index in [0.717, 1.165) is 0 Å². The molecule has 0 radical (unpaired) electrons.